The number of rotatable bonds is 6. The van der Waals surface area contributed by atoms with E-state index in [-0.39, 0.29) is 11.7 Å². The summed E-state index contributed by atoms with van der Waals surface area (Å²) < 4.78 is 3.77. The fraction of sp³-hybridized carbons (Fsp3) is 0.150. The zero-order valence-electron chi connectivity index (χ0n) is 16.0. The molecule has 0 bridgehead atoms. The Balaban J connectivity index is 1.45. The second-order valence-corrected chi connectivity index (χ2v) is 8.52. The third-order valence-corrected chi connectivity index (χ3v) is 6.45. The third-order valence-electron chi connectivity index (χ3n) is 4.28. The van der Waals surface area contributed by atoms with Gasteiger partial charge in [-0.3, -0.25) is 9.78 Å². The van der Waals surface area contributed by atoms with Gasteiger partial charge in [0.1, 0.15) is 0 Å². The van der Waals surface area contributed by atoms with Crippen LogP contribution in [0.15, 0.2) is 70.5 Å². The number of benzene rings is 1. The Morgan fingerprint density at radius 3 is 2.80 bits per heavy atom. The van der Waals surface area contributed by atoms with Crippen molar-refractivity contribution in [3.8, 4) is 11.4 Å². The van der Waals surface area contributed by atoms with E-state index in [4.69, 9.17) is 11.6 Å². The summed E-state index contributed by atoms with van der Waals surface area (Å²) in [6.45, 7) is 0.557. The molecule has 0 saturated carbocycles. The highest BCUT2D eigenvalue weighted by molar-refractivity contribution is 7.99. The first kappa shape index (κ1) is 20.5. The van der Waals surface area contributed by atoms with Gasteiger partial charge < -0.3 is 9.13 Å². The summed E-state index contributed by atoms with van der Waals surface area (Å²) in [6.07, 6.45) is 5.31. The smallest absolute Gasteiger partial charge is 0.258 e. The third kappa shape index (κ3) is 4.69. The fourth-order valence-corrected chi connectivity index (χ4v) is 4.41. The lowest BCUT2D eigenvalue weighted by molar-refractivity contribution is -0.115. The predicted molar refractivity (Wildman–Crippen MR) is 118 cm³/mol. The van der Waals surface area contributed by atoms with Crippen LogP contribution < -0.4 is 4.80 Å². The van der Waals surface area contributed by atoms with Gasteiger partial charge in [0.05, 0.1) is 12.3 Å². The minimum Gasteiger partial charge on any atom is -0.319 e. The molecule has 30 heavy (non-hydrogen) atoms. The van der Waals surface area contributed by atoms with E-state index in [0.717, 1.165) is 17.0 Å². The van der Waals surface area contributed by atoms with Crippen LogP contribution in [0.3, 0.4) is 0 Å². The van der Waals surface area contributed by atoms with Crippen molar-refractivity contribution in [2.45, 2.75) is 11.7 Å². The number of hydrogen-bond acceptors (Lipinski definition) is 6. The van der Waals surface area contributed by atoms with Gasteiger partial charge in [-0.05, 0) is 23.8 Å². The molecule has 0 atom stereocenters. The molecule has 3 heterocycles. The second kappa shape index (κ2) is 9.38. The molecule has 0 unspecified atom stereocenters. The maximum atomic E-state index is 12.5. The molecule has 0 fully saturated rings. The Kier molecular flexibility index (Phi) is 6.41. The first-order chi connectivity index (χ1) is 14.6. The molecule has 4 rings (SSSR count). The van der Waals surface area contributed by atoms with Crippen molar-refractivity contribution in [2.75, 3.05) is 5.75 Å². The van der Waals surface area contributed by atoms with Gasteiger partial charge >= 0.3 is 0 Å². The van der Waals surface area contributed by atoms with Crippen LogP contribution in [0, 0.1) is 0 Å². The van der Waals surface area contributed by atoms with E-state index in [1.807, 2.05) is 64.2 Å². The van der Waals surface area contributed by atoms with Crippen LogP contribution in [0.25, 0.3) is 11.4 Å². The molecule has 1 aromatic carbocycles. The Morgan fingerprint density at radius 1 is 1.20 bits per heavy atom. The Bertz CT molecular complexity index is 1230. The van der Waals surface area contributed by atoms with Gasteiger partial charge in [0, 0.05) is 41.6 Å². The number of thiazole rings is 1. The van der Waals surface area contributed by atoms with Crippen molar-refractivity contribution in [1.29, 1.82) is 0 Å². The molecule has 3 aromatic heterocycles. The van der Waals surface area contributed by atoms with Crippen LogP contribution in [0.4, 0.5) is 0 Å². The van der Waals surface area contributed by atoms with E-state index in [0.29, 0.717) is 21.5 Å². The van der Waals surface area contributed by atoms with Crippen LogP contribution in [0.2, 0.25) is 5.02 Å². The van der Waals surface area contributed by atoms with E-state index >= 15 is 0 Å². The molecule has 0 aliphatic rings. The molecule has 0 saturated heterocycles. The number of carbonyl (C=O) groups excluding carboxylic acids is 1. The van der Waals surface area contributed by atoms with Crippen LogP contribution in [0.5, 0.6) is 0 Å². The molecule has 4 aromatic rings. The van der Waals surface area contributed by atoms with Gasteiger partial charge in [0.15, 0.2) is 15.8 Å². The quantitative estimate of drug-likeness (QED) is 0.414. The van der Waals surface area contributed by atoms with Crippen molar-refractivity contribution in [2.24, 2.45) is 12.0 Å². The van der Waals surface area contributed by atoms with Gasteiger partial charge in [-0.2, -0.15) is 4.99 Å². The molecular formula is C20H17ClN6OS2. The lowest BCUT2D eigenvalue weighted by Crippen LogP contribution is -2.17. The predicted octanol–water partition coefficient (Wildman–Crippen LogP) is 3.66. The number of aromatic nitrogens is 5. The number of carbonyl (C=O) groups is 1. The molecular weight excluding hydrogens is 440 g/mol. The van der Waals surface area contributed by atoms with Crippen molar-refractivity contribution >= 4 is 40.6 Å². The van der Waals surface area contributed by atoms with Crippen molar-refractivity contribution in [3.63, 3.8) is 0 Å². The lowest BCUT2D eigenvalue weighted by Gasteiger charge is -2.05. The zero-order valence-corrected chi connectivity index (χ0v) is 18.4. The summed E-state index contributed by atoms with van der Waals surface area (Å²) >= 11 is 8.97. The molecule has 0 aliphatic heterocycles. The van der Waals surface area contributed by atoms with Gasteiger partial charge in [-0.15, -0.1) is 21.5 Å². The molecule has 0 N–H and O–H groups in total. The van der Waals surface area contributed by atoms with Crippen LogP contribution in [-0.2, 0) is 18.4 Å². The number of nitrogens with zero attached hydrogens (tertiary/aromatic N) is 6. The molecule has 1 amide bonds. The summed E-state index contributed by atoms with van der Waals surface area (Å²) in [5, 5.41) is 11.7. The average molecular weight is 457 g/mol. The fourth-order valence-electron chi connectivity index (χ4n) is 2.78. The summed E-state index contributed by atoms with van der Waals surface area (Å²) in [6, 6.07) is 11.4. The maximum Gasteiger partial charge on any atom is 0.258 e. The van der Waals surface area contributed by atoms with E-state index in [1.165, 1.54) is 23.1 Å². The average Bonchev–Trinajstić information content (AvgIpc) is 3.35. The topological polar surface area (TPSA) is 78.0 Å². The number of halogens is 1. The first-order valence-electron chi connectivity index (χ1n) is 8.99. The van der Waals surface area contributed by atoms with Crippen LogP contribution in [-0.4, -0.2) is 36.0 Å². The lowest BCUT2D eigenvalue weighted by atomic mass is 10.2. The van der Waals surface area contributed by atoms with Gasteiger partial charge in [-0.1, -0.05) is 41.6 Å². The van der Waals surface area contributed by atoms with Crippen LogP contribution in [0.1, 0.15) is 5.56 Å². The zero-order chi connectivity index (χ0) is 20.9. The normalized spacial score (nSPS) is 11.7. The van der Waals surface area contributed by atoms with E-state index in [2.05, 4.69) is 20.2 Å². The number of amides is 1. The highest BCUT2D eigenvalue weighted by Gasteiger charge is 2.13. The molecule has 152 valence electrons. The maximum absolute atomic E-state index is 12.5. The SMILES string of the molecule is Cn1c(SCC(=O)N=c2sccn2Cc2ccccc2Cl)nnc1-c1ccncc1. The molecule has 0 aliphatic carbocycles. The Hall–Kier alpha value is -2.75. The summed E-state index contributed by atoms with van der Waals surface area (Å²) in [4.78, 5) is 21.4. The van der Waals surface area contributed by atoms with Crippen molar-refractivity contribution in [3.05, 3.63) is 75.8 Å². The summed E-state index contributed by atoms with van der Waals surface area (Å²) in [7, 11) is 1.87. The largest absolute Gasteiger partial charge is 0.319 e. The first-order valence-corrected chi connectivity index (χ1v) is 11.2. The molecule has 0 radical (unpaired) electrons. The minimum absolute atomic E-state index is 0.173. The van der Waals surface area contributed by atoms with Crippen LogP contribution >= 0.6 is 34.7 Å². The number of pyridine rings is 1. The molecule has 0 spiro atoms. The standard InChI is InChI=1S/C20H17ClN6OS2/c1-26-18(14-6-8-22-9-7-14)24-25-20(26)30-13-17(28)23-19-27(10-11-29-19)12-15-4-2-3-5-16(15)21/h2-11H,12-13H2,1H3. The van der Waals surface area contributed by atoms with E-state index in [1.54, 1.807) is 12.4 Å². The minimum atomic E-state index is -0.233. The van der Waals surface area contributed by atoms with Gasteiger partial charge in [-0.25, -0.2) is 0 Å². The monoisotopic (exact) mass is 456 g/mol. The van der Waals surface area contributed by atoms with E-state index in [9.17, 15) is 4.79 Å². The number of hydrogen-bond donors (Lipinski definition) is 0. The van der Waals surface area contributed by atoms with E-state index < -0.39 is 0 Å². The Labute approximate surface area is 186 Å². The van der Waals surface area contributed by atoms with Crippen molar-refractivity contribution in [1.82, 2.24) is 24.3 Å². The summed E-state index contributed by atoms with van der Waals surface area (Å²) in [5.41, 5.74) is 1.89. The Morgan fingerprint density at radius 2 is 2.00 bits per heavy atom. The highest BCUT2D eigenvalue weighted by atomic mass is 35.5. The van der Waals surface area contributed by atoms with Gasteiger partial charge in [0.25, 0.3) is 5.91 Å². The highest BCUT2D eigenvalue weighted by Crippen LogP contribution is 2.22. The van der Waals surface area contributed by atoms with Crippen molar-refractivity contribution < 1.29 is 4.79 Å². The number of thioether (sulfide) groups is 1. The molecule has 10 heteroatoms. The molecule has 7 nitrogen and oxygen atoms in total. The summed E-state index contributed by atoms with van der Waals surface area (Å²) in [5.74, 6) is 0.663. The van der Waals surface area contributed by atoms with Gasteiger partial charge in [0.2, 0.25) is 0 Å². The second-order valence-electron chi connectivity index (χ2n) is 6.30.